The average Bonchev–Trinajstić information content (AvgIpc) is 2.89. The highest BCUT2D eigenvalue weighted by molar-refractivity contribution is 5.73. The fraction of sp³-hybridized carbons (Fsp3) is 0.333. The van der Waals surface area contributed by atoms with E-state index in [0.29, 0.717) is 6.61 Å². The lowest BCUT2D eigenvalue weighted by Crippen LogP contribution is -2.46. The Labute approximate surface area is 118 Å². The molecule has 0 unspecified atom stereocenters. The number of carbonyl (C=O) groups excluding carboxylic acids is 1. The van der Waals surface area contributed by atoms with Gasteiger partial charge in [-0.15, -0.1) is 0 Å². The van der Waals surface area contributed by atoms with Crippen LogP contribution in [0.4, 0.5) is 0 Å². The predicted octanol–water partition coefficient (Wildman–Crippen LogP) is 2.17. The molecule has 1 amide bonds. The molecule has 1 aromatic carbocycles. The van der Waals surface area contributed by atoms with Gasteiger partial charge in [-0.25, -0.2) is 4.98 Å². The van der Waals surface area contributed by atoms with Gasteiger partial charge in [-0.05, 0) is 38.1 Å². The first-order valence-electron chi connectivity index (χ1n) is 6.46. The van der Waals surface area contributed by atoms with Crippen LogP contribution in [0.15, 0.2) is 43.0 Å². The molecular formula is C15H19N3O2. The van der Waals surface area contributed by atoms with Crippen molar-refractivity contribution in [3.05, 3.63) is 43.0 Å². The van der Waals surface area contributed by atoms with Gasteiger partial charge in [-0.1, -0.05) is 0 Å². The molecule has 1 heterocycles. The molecule has 0 saturated carbocycles. The fourth-order valence-electron chi connectivity index (χ4n) is 1.90. The van der Waals surface area contributed by atoms with Crippen LogP contribution in [0.5, 0.6) is 5.75 Å². The maximum Gasteiger partial charge on any atom is 0.217 e. The van der Waals surface area contributed by atoms with E-state index in [0.717, 1.165) is 11.4 Å². The lowest BCUT2D eigenvalue weighted by Gasteiger charge is -2.25. The van der Waals surface area contributed by atoms with E-state index >= 15 is 0 Å². The van der Waals surface area contributed by atoms with Crippen LogP contribution in [-0.4, -0.2) is 27.6 Å². The summed E-state index contributed by atoms with van der Waals surface area (Å²) in [5.74, 6) is 0.710. The normalized spacial score (nSPS) is 11.2. The Morgan fingerprint density at radius 2 is 2.05 bits per heavy atom. The Balaban J connectivity index is 1.96. The number of rotatable bonds is 5. The van der Waals surface area contributed by atoms with E-state index < -0.39 is 5.54 Å². The van der Waals surface area contributed by atoms with Crippen molar-refractivity contribution in [3.8, 4) is 11.4 Å². The van der Waals surface area contributed by atoms with Crippen molar-refractivity contribution in [1.82, 2.24) is 14.9 Å². The van der Waals surface area contributed by atoms with Crippen molar-refractivity contribution in [3.63, 3.8) is 0 Å². The molecule has 5 nitrogen and oxygen atoms in total. The van der Waals surface area contributed by atoms with Gasteiger partial charge in [-0.3, -0.25) is 4.79 Å². The third-order valence-corrected chi connectivity index (χ3v) is 2.75. The van der Waals surface area contributed by atoms with Crippen LogP contribution in [0.3, 0.4) is 0 Å². The van der Waals surface area contributed by atoms with Gasteiger partial charge in [0.2, 0.25) is 5.91 Å². The van der Waals surface area contributed by atoms with E-state index in [2.05, 4.69) is 10.3 Å². The standard InChI is InChI=1S/C15H19N3O2/c1-12(19)17-15(2,3)10-20-14-6-4-13(5-7-14)18-9-8-16-11-18/h4-9,11H,10H2,1-3H3,(H,17,19). The van der Waals surface area contributed by atoms with Crippen LogP contribution in [0.1, 0.15) is 20.8 Å². The van der Waals surface area contributed by atoms with Gasteiger partial charge < -0.3 is 14.6 Å². The number of hydrogen-bond donors (Lipinski definition) is 1. The number of imidazole rings is 1. The zero-order valence-electron chi connectivity index (χ0n) is 12.0. The fourth-order valence-corrected chi connectivity index (χ4v) is 1.90. The molecule has 0 radical (unpaired) electrons. The first kappa shape index (κ1) is 14.1. The van der Waals surface area contributed by atoms with Crippen LogP contribution in [0.2, 0.25) is 0 Å². The van der Waals surface area contributed by atoms with E-state index in [1.54, 1.807) is 12.5 Å². The first-order valence-corrected chi connectivity index (χ1v) is 6.46. The summed E-state index contributed by atoms with van der Waals surface area (Å²) in [6, 6.07) is 7.73. The molecule has 0 fully saturated rings. The van der Waals surface area contributed by atoms with E-state index in [1.165, 1.54) is 6.92 Å². The highest BCUT2D eigenvalue weighted by Gasteiger charge is 2.19. The Kier molecular flexibility index (Phi) is 4.08. The second kappa shape index (κ2) is 5.77. The van der Waals surface area contributed by atoms with Gasteiger partial charge in [-0.2, -0.15) is 0 Å². The SMILES string of the molecule is CC(=O)NC(C)(C)COc1ccc(-n2ccnc2)cc1. The first-order chi connectivity index (χ1) is 9.46. The zero-order chi connectivity index (χ0) is 14.6. The molecule has 1 aromatic heterocycles. The van der Waals surface area contributed by atoms with Gasteiger partial charge in [0.1, 0.15) is 12.4 Å². The van der Waals surface area contributed by atoms with Gasteiger partial charge in [0.05, 0.1) is 11.9 Å². The van der Waals surface area contributed by atoms with E-state index in [4.69, 9.17) is 4.74 Å². The van der Waals surface area contributed by atoms with Gasteiger partial charge in [0, 0.05) is 25.0 Å². The second-order valence-electron chi connectivity index (χ2n) is 5.32. The molecule has 0 aliphatic heterocycles. The lowest BCUT2D eigenvalue weighted by molar-refractivity contribution is -0.120. The van der Waals surface area contributed by atoms with Crippen LogP contribution < -0.4 is 10.1 Å². The molecule has 0 atom stereocenters. The van der Waals surface area contributed by atoms with E-state index in [-0.39, 0.29) is 5.91 Å². The van der Waals surface area contributed by atoms with Crippen molar-refractivity contribution in [2.45, 2.75) is 26.3 Å². The Morgan fingerprint density at radius 3 is 2.60 bits per heavy atom. The Bertz CT molecular complexity index is 559. The summed E-state index contributed by atoms with van der Waals surface area (Å²) in [6.45, 7) is 5.77. The quantitative estimate of drug-likeness (QED) is 0.908. The molecule has 20 heavy (non-hydrogen) atoms. The summed E-state index contributed by atoms with van der Waals surface area (Å²) in [5, 5.41) is 2.85. The van der Waals surface area contributed by atoms with Crippen molar-refractivity contribution < 1.29 is 9.53 Å². The molecule has 0 aliphatic rings. The van der Waals surface area contributed by atoms with Gasteiger partial charge in [0.25, 0.3) is 0 Å². The number of ether oxygens (including phenoxy) is 1. The van der Waals surface area contributed by atoms with Crippen molar-refractivity contribution >= 4 is 5.91 Å². The van der Waals surface area contributed by atoms with Crippen LogP contribution in [0, 0.1) is 0 Å². The van der Waals surface area contributed by atoms with Crippen LogP contribution in [0.25, 0.3) is 5.69 Å². The third-order valence-electron chi connectivity index (χ3n) is 2.75. The molecular weight excluding hydrogens is 254 g/mol. The minimum absolute atomic E-state index is 0.0611. The molecule has 106 valence electrons. The number of benzene rings is 1. The smallest absolute Gasteiger partial charge is 0.217 e. The maximum absolute atomic E-state index is 11.1. The highest BCUT2D eigenvalue weighted by Crippen LogP contribution is 2.16. The molecule has 0 saturated heterocycles. The largest absolute Gasteiger partial charge is 0.491 e. The molecule has 1 N–H and O–H groups in total. The Hall–Kier alpha value is -2.30. The number of nitrogens with zero attached hydrogens (tertiary/aromatic N) is 2. The summed E-state index contributed by atoms with van der Waals surface area (Å²) >= 11 is 0. The molecule has 2 rings (SSSR count). The summed E-state index contributed by atoms with van der Waals surface area (Å²) < 4.78 is 7.63. The number of aromatic nitrogens is 2. The Morgan fingerprint density at radius 1 is 1.35 bits per heavy atom. The van der Waals surface area contributed by atoms with Crippen molar-refractivity contribution in [1.29, 1.82) is 0 Å². The van der Waals surface area contributed by atoms with Crippen LogP contribution in [-0.2, 0) is 4.79 Å². The maximum atomic E-state index is 11.1. The third kappa shape index (κ3) is 3.85. The second-order valence-corrected chi connectivity index (χ2v) is 5.32. The highest BCUT2D eigenvalue weighted by atomic mass is 16.5. The molecule has 0 bridgehead atoms. The summed E-state index contributed by atoms with van der Waals surface area (Å²) in [6.07, 6.45) is 5.37. The minimum Gasteiger partial charge on any atom is -0.491 e. The molecule has 2 aromatic rings. The summed E-state index contributed by atoms with van der Waals surface area (Å²) in [7, 11) is 0. The minimum atomic E-state index is -0.394. The van der Waals surface area contributed by atoms with Gasteiger partial charge in [0.15, 0.2) is 0 Å². The zero-order valence-corrected chi connectivity index (χ0v) is 12.0. The number of hydrogen-bond acceptors (Lipinski definition) is 3. The number of nitrogens with one attached hydrogen (secondary N) is 1. The summed E-state index contributed by atoms with van der Waals surface area (Å²) in [4.78, 5) is 15.1. The van der Waals surface area contributed by atoms with Crippen LogP contribution >= 0.6 is 0 Å². The number of amides is 1. The van der Waals surface area contributed by atoms with Crippen molar-refractivity contribution in [2.75, 3.05) is 6.61 Å². The molecule has 0 aliphatic carbocycles. The lowest BCUT2D eigenvalue weighted by atomic mass is 10.1. The molecule has 5 heteroatoms. The monoisotopic (exact) mass is 273 g/mol. The van der Waals surface area contributed by atoms with E-state index in [9.17, 15) is 4.79 Å². The van der Waals surface area contributed by atoms with Crippen molar-refractivity contribution in [2.24, 2.45) is 0 Å². The number of carbonyl (C=O) groups is 1. The average molecular weight is 273 g/mol. The van der Waals surface area contributed by atoms with Gasteiger partial charge >= 0.3 is 0 Å². The summed E-state index contributed by atoms with van der Waals surface area (Å²) in [5.41, 5.74) is 0.630. The predicted molar refractivity (Wildman–Crippen MR) is 77.0 cm³/mol. The molecule has 0 spiro atoms. The topological polar surface area (TPSA) is 56.1 Å². The van der Waals surface area contributed by atoms with E-state index in [1.807, 2.05) is 48.9 Å².